The summed E-state index contributed by atoms with van der Waals surface area (Å²) in [5, 5.41) is 10.7. The highest BCUT2D eigenvalue weighted by atomic mass is 32.2. The van der Waals surface area contributed by atoms with Gasteiger partial charge in [-0.1, -0.05) is 25.0 Å². The number of benzene rings is 1. The van der Waals surface area contributed by atoms with Crippen molar-refractivity contribution in [3.8, 4) is 17.4 Å². The number of rotatable bonds is 10. The Kier molecular flexibility index (Phi) is 11.2. The molecule has 7 rings (SSSR count). The molecule has 2 saturated carbocycles. The van der Waals surface area contributed by atoms with Crippen LogP contribution in [0.25, 0.3) is 10.9 Å². The molecular formula is C41H53N7O9S. The molecule has 17 heteroatoms. The molecule has 3 fully saturated rings. The van der Waals surface area contributed by atoms with Crippen molar-refractivity contribution in [1.29, 1.82) is 0 Å². The molecule has 1 saturated heterocycles. The Bertz CT molecular complexity index is 2250. The number of nitrogens with one attached hydrogen (secondary N) is 3. The zero-order valence-electron chi connectivity index (χ0n) is 33.9. The summed E-state index contributed by atoms with van der Waals surface area (Å²) in [5.74, 6) is -1.51. The predicted octanol–water partition coefficient (Wildman–Crippen LogP) is 3.61. The van der Waals surface area contributed by atoms with E-state index in [-0.39, 0.29) is 31.2 Å². The second-order valence-electron chi connectivity index (χ2n) is 16.5. The largest absolute Gasteiger partial charge is 0.496 e. The molecule has 0 spiro atoms. The summed E-state index contributed by atoms with van der Waals surface area (Å²) in [4.78, 5) is 62.8. The maximum Gasteiger partial charge on any atom is 0.272 e. The van der Waals surface area contributed by atoms with Crippen LogP contribution < -0.4 is 29.6 Å². The summed E-state index contributed by atoms with van der Waals surface area (Å²) in [7, 11) is -0.740. The Morgan fingerprint density at radius 2 is 1.86 bits per heavy atom. The molecule has 3 N–H and O–H groups in total. The molecule has 2 aliphatic heterocycles. The molecule has 312 valence electrons. The highest BCUT2D eigenvalue weighted by Crippen LogP contribution is 2.47. The Morgan fingerprint density at radius 3 is 2.55 bits per heavy atom. The molecule has 1 aromatic carbocycles. The van der Waals surface area contributed by atoms with E-state index >= 15 is 0 Å². The monoisotopic (exact) mass is 819 g/mol. The van der Waals surface area contributed by atoms with E-state index in [4.69, 9.17) is 19.2 Å². The number of amides is 4. The van der Waals surface area contributed by atoms with E-state index in [1.807, 2.05) is 45.1 Å². The number of sulfonamides is 1. The predicted molar refractivity (Wildman–Crippen MR) is 214 cm³/mol. The standard InChI is InChI=1S/C41H53N7O9S/c1-24(2)56-34-21-33(28-14-15-32(55-6)25(3)35(28)43-34)57-27-20-31-37(50)44-41(39(52)46-58(53,54)40(4)17-18-40)22-26(41)12-10-8-7-9-11-13-30(38(51)48(31)23-27)42-36(49)29-16-19-47(5)45-29/h10,12,14-16,19,21,24,26-27,30-31H,7-9,11,13,17-18,20,22-23H2,1-6H3,(H,42,49)(H,44,50)(H,46,52)/b12-10-/t26?,27-,30+,31+,41-/m1/s1. The number of methoxy groups -OCH3 is 1. The van der Waals surface area contributed by atoms with E-state index in [9.17, 15) is 27.6 Å². The van der Waals surface area contributed by atoms with Crippen LogP contribution in [0, 0.1) is 12.8 Å². The van der Waals surface area contributed by atoms with Crippen LogP contribution in [0.2, 0.25) is 0 Å². The number of nitrogens with zero attached hydrogens (tertiary/aromatic N) is 4. The van der Waals surface area contributed by atoms with Crippen LogP contribution >= 0.6 is 0 Å². The van der Waals surface area contributed by atoms with Crippen molar-refractivity contribution < 1.29 is 41.8 Å². The van der Waals surface area contributed by atoms with Crippen molar-refractivity contribution in [2.45, 2.75) is 120 Å². The molecule has 16 nitrogen and oxygen atoms in total. The second-order valence-corrected chi connectivity index (χ2v) is 18.7. The zero-order valence-corrected chi connectivity index (χ0v) is 34.7. The van der Waals surface area contributed by atoms with Crippen LogP contribution in [0.5, 0.6) is 17.4 Å². The number of aryl methyl sites for hydroxylation is 2. The van der Waals surface area contributed by atoms with E-state index < -0.39 is 68.0 Å². The summed E-state index contributed by atoms with van der Waals surface area (Å²) in [6.07, 6.45) is 8.79. The van der Waals surface area contributed by atoms with Gasteiger partial charge in [-0.3, -0.25) is 28.6 Å². The first-order valence-corrected chi connectivity index (χ1v) is 21.5. The fourth-order valence-electron chi connectivity index (χ4n) is 7.87. The summed E-state index contributed by atoms with van der Waals surface area (Å²) in [5.41, 5.74) is -0.0181. The first kappa shape index (κ1) is 41.0. The number of aromatic nitrogens is 3. The number of hydrogen-bond donors (Lipinski definition) is 3. The number of ether oxygens (including phenoxy) is 3. The molecule has 3 aromatic rings. The van der Waals surface area contributed by atoms with Gasteiger partial charge >= 0.3 is 0 Å². The Hall–Kier alpha value is -5.19. The number of pyridine rings is 1. The Morgan fingerprint density at radius 1 is 1.09 bits per heavy atom. The van der Waals surface area contributed by atoms with E-state index in [0.29, 0.717) is 60.4 Å². The third-order valence-electron chi connectivity index (χ3n) is 11.7. The van der Waals surface area contributed by atoms with Gasteiger partial charge in [-0.2, -0.15) is 5.10 Å². The number of fused-ring (bicyclic) bond motifs is 3. The maximum absolute atomic E-state index is 14.7. The third kappa shape index (κ3) is 8.22. The lowest BCUT2D eigenvalue weighted by molar-refractivity contribution is -0.141. The molecule has 2 aromatic heterocycles. The topological polar surface area (TPSA) is 200 Å². The van der Waals surface area contributed by atoms with Gasteiger partial charge in [0.05, 0.1) is 30.0 Å². The van der Waals surface area contributed by atoms with Crippen molar-refractivity contribution in [2.75, 3.05) is 13.7 Å². The van der Waals surface area contributed by atoms with Gasteiger partial charge in [0.25, 0.3) is 11.8 Å². The van der Waals surface area contributed by atoms with Crippen LogP contribution in [-0.4, -0.2) is 99.9 Å². The van der Waals surface area contributed by atoms with Gasteiger partial charge in [0, 0.05) is 42.6 Å². The first-order chi connectivity index (χ1) is 27.5. The molecule has 1 unspecified atom stereocenters. The van der Waals surface area contributed by atoms with E-state index in [0.717, 1.165) is 18.4 Å². The second kappa shape index (κ2) is 15.9. The summed E-state index contributed by atoms with van der Waals surface area (Å²) in [6, 6.07) is 4.76. The minimum Gasteiger partial charge on any atom is -0.496 e. The van der Waals surface area contributed by atoms with Crippen LogP contribution in [0.4, 0.5) is 0 Å². The lowest BCUT2D eigenvalue weighted by atomic mass is 10.0. The molecule has 2 aliphatic carbocycles. The molecule has 5 atom stereocenters. The summed E-state index contributed by atoms with van der Waals surface area (Å²) < 4.78 is 47.4. The van der Waals surface area contributed by atoms with Crippen LogP contribution in [0.1, 0.15) is 94.6 Å². The van der Waals surface area contributed by atoms with Crippen LogP contribution in [0.15, 0.2) is 42.6 Å². The molecule has 58 heavy (non-hydrogen) atoms. The highest BCUT2D eigenvalue weighted by Gasteiger charge is 2.63. The van der Waals surface area contributed by atoms with E-state index in [1.165, 1.54) is 9.58 Å². The average molecular weight is 820 g/mol. The van der Waals surface area contributed by atoms with Crippen LogP contribution in [-0.2, 0) is 31.5 Å². The van der Waals surface area contributed by atoms with Crippen molar-refractivity contribution in [3.05, 3.63) is 53.9 Å². The molecular weight excluding hydrogens is 767 g/mol. The lowest BCUT2D eigenvalue weighted by Gasteiger charge is -2.30. The number of allylic oxidation sites excluding steroid dienone is 1. The molecule has 0 radical (unpaired) electrons. The highest BCUT2D eigenvalue weighted by molar-refractivity contribution is 7.91. The van der Waals surface area contributed by atoms with Crippen molar-refractivity contribution in [3.63, 3.8) is 0 Å². The number of carbonyl (C=O) groups is 4. The molecule has 0 bridgehead atoms. The van der Waals surface area contributed by atoms with Gasteiger partial charge in [0.2, 0.25) is 27.7 Å². The Balaban J connectivity index is 1.23. The quantitative estimate of drug-likeness (QED) is 0.253. The van der Waals surface area contributed by atoms with E-state index in [1.54, 1.807) is 39.4 Å². The fraction of sp³-hybridized carbons (Fsp3) is 0.561. The first-order valence-electron chi connectivity index (χ1n) is 20.0. The summed E-state index contributed by atoms with van der Waals surface area (Å²) >= 11 is 0. The average Bonchev–Trinajstić information content (AvgIpc) is 3.97. The number of carbonyl (C=O) groups excluding carboxylic acids is 4. The van der Waals surface area contributed by atoms with Crippen LogP contribution in [0.3, 0.4) is 0 Å². The minimum absolute atomic E-state index is 0.0263. The molecule has 4 aliphatic rings. The summed E-state index contributed by atoms with van der Waals surface area (Å²) in [6.45, 7) is 7.22. The Labute approximate surface area is 338 Å². The van der Waals surface area contributed by atoms with Crippen molar-refractivity contribution in [2.24, 2.45) is 13.0 Å². The zero-order chi connectivity index (χ0) is 41.6. The van der Waals surface area contributed by atoms with Gasteiger partial charge in [-0.05, 0) is 84.4 Å². The fourth-order valence-corrected chi connectivity index (χ4v) is 9.18. The number of hydrogen-bond acceptors (Lipinski definition) is 11. The van der Waals surface area contributed by atoms with Crippen molar-refractivity contribution in [1.82, 2.24) is 35.0 Å². The smallest absolute Gasteiger partial charge is 0.272 e. The lowest BCUT2D eigenvalue weighted by Crippen LogP contribution is -2.58. The van der Waals surface area contributed by atoms with Gasteiger partial charge in [0.1, 0.15) is 40.9 Å². The van der Waals surface area contributed by atoms with Gasteiger partial charge in [0.15, 0.2) is 0 Å². The van der Waals surface area contributed by atoms with Gasteiger partial charge < -0.3 is 29.7 Å². The third-order valence-corrected chi connectivity index (χ3v) is 13.9. The van der Waals surface area contributed by atoms with Gasteiger partial charge in [-0.25, -0.2) is 13.4 Å². The van der Waals surface area contributed by atoms with Crippen molar-refractivity contribution >= 4 is 44.6 Å². The maximum atomic E-state index is 14.7. The minimum atomic E-state index is -4.01. The van der Waals surface area contributed by atoms with Gasteiger partial charge in [-0.15, -0.1) is 0 Å². The van der Waals surface area contributed by atoms with E-state index in [2.05, 4.69) is 20.5 Å². The normalized spacial score (nSPS) is 26.4. The molecule has 4 heterocycles. The SMILES string of the molecule is COc1ccc2c(O[C@@H]3C[C@H]4C(=O)N[C@]5(C(=O)NS(=O)(=O)C6(C)CC6)CC5/C=C\CCCCC[C@H](NC(=O)c5ccn(C)n5)C(=O)N4C3)cc(OC(C)C)nc2c1C. The molecule has 4 amide bonds.